The highest BCUT2D eigenvalue weighted by atomic mass is 32.2. The van der Waals surface area contributed by atoms with Gasteiger partial charge < -0.3 is 9.61 Å². The topological polar surface area (TPSA) is 38.3 Å². The smallest absolute Gasteiger partial charge is 0.294 e. The SMILES string of the molecule is CCOP(=O)(CCSCc1ccccc1)Nc1ccccc1. The quantitative estimate of drug-likeness (QED) is 0.501. The largest absolute Gasteiger partial charge is 0.315 e. The third kappa shape index (κ3) is 5.88. The molecule has 3 nitrogen and oxygen atoms in total. The summed E-state index contributed by atoms with van der Waals surface area (Å²) >= 11 is 1.78. The van der Waals surface area contributed by atoms with Gasteiger partial charge in [0, 0.05) is 17.2 Å². The average molecular weight is 335 g/mol. The first-order chi connectivity index (χ1) is 10.7. The normalized spacial score (nSPS) is 13.5. The molecule has 2 rings (SSSR count). The first-order valence-corrected chi connectivity index (χ1v) is 10.4. The van der Waals surface area contributed by atoms with E-state index in [1.807, 2.05) is 55.5 Å². The molecule has 2 aromatic rings. The molecule has 5 heteroatoms. The van der Waals surface area contributed by atoms with Crippen LogP contribution in [0.15, 0.2) is 60.7 Å². The number of hydrogen-bond donors (Lipinski definition) is 1. The number of hydrogen-bond acceptors (Lipinski definition) is 3. The van der Waals surface area contributed by atoms with Gasteiger partial charge >= 0.3 is 0 Å². The van der Waals surface area contributed by atoms with Crippen LogP contribution in [-0.2, 0) is 14.8 Å². The maximum absolute atomic E-state index is 12.8. The Bertz CT molecular complexity index is 592. The minimum absolute atomic E-state index is 0.445. The van der Waals surface area contributed by atoms with Gasteiger partial charge in [0.25, 0.3) is 7.52 Å². The minimum atomic E-state index is -2.83. The fourth-order valence-electron chi connectivity index (χ4n) is 2.02. The number of para-hydroxylation sites is 1. The zero-order chi connectivity index (χ0) is 15.7. The van der Waals surface area contributed by atoms with Gasteiger partial charge in [-0.1, -0.05) is 48.5 Å². The van der Waals surface area contributed by atoms with E-state index >= 15 is 0 Å². The molecule has 0 bridgehead atoms. The predicted molar refractivity (Wildman–Crippen MR) is 96.8 cm³/mol. The second kappa shape index (κ2) is 9.04. The van der Waals surface area contributed by atoms with Crippen LogP contribution in [0.25, 0.3) is 0 Å². The van der Waals surface area contributed by atoms with E-state index in [0.29, 0.717) is 12.8 Å². The number of thioether (sulfide) groups is 1. The van der Waals surface area contributed by atoms with E-state index in [1.165, 1.54) is 5.56 Å². The molecule has 0 aromatic heterocycles. The Balaban J connectivity index is 1.84. The van der Waals surface area contributed by atoms with Crippen LogP contribution in [0.3, 0.4) is 0 Å². The molecule has 0 radical (unpaired) electrons. The molecule has 118 valence electrons. The van der Waals surface area contributed by atoms with Crippen LogP contribution in [-0.4, -0.2) is 18.5 Å². The minimum Gasteiger partial charge on any atom is -0.315 e. The third-order valence-electron chi connectivity index (χ3n) is 3.05. The Kier molecular flexibility index (Phi) is 7.04. The van der Waals surface area contributed by atoms with Gasteiger partial charge in [-0.2, -0.15) is 11.8 Å². The molecule has 1 N–H and O–H groups in total. The van der Waals surface area contributed by atoms with Gasteiger partial charge in [0.15, 0.2) is 0 Å². The Morgan fingerprint density at radius 1 is 1.05 bits per heavy atom. The lowest BCUT2D eigenvalue weighted by Crippen LogP contribution is -2.07. The zero-order valence-corrected chi connectivity index (χ0v) is 14.5. The van der Waals surface area contributed by atoms with Crippen LogP contribution in [0.5, 0.6) is 0 Å². The van der Waals surface area contributed by atoms with E-state index in [9.17, 15) is 4.57 Å². The standard InChI is InChI=1S/C17H22NO2PS/c1-2-20-21(19,18-17-11-7-4-8-12-17)13-14-22-15-16-9-5-3-6-10-16/h3-12H,2,13-15H2,1H3,(H,18,19). The molecule has 2 aromatic carbocycles. The van der Waals surface area contributed by atoms with E-state index in [2.05, 4.69) is 17.2 Å². The Hall–Kier alpha value is -1.22. The van der Waals surface area contributed by atoms with Gasteiger partial charge in [0.1, 0.15) is 0 Å². The molecule has 0 aliphatic heterocycles. The van der Waals surface area contributed by atoms with E-state index in [1.54, 1.807) is 11.8 Å². The fraction of sp³-hybridized carbons (Fsp3) is 0.294. The molecule has 0 saturated carbocycles. The van der Waals surface area contributed by atoms with Crippen LogP contribution >= 0.6 is 19.3 Å². The van der Waals surface area contributed by atoms with Crippen molar-refractivity contribution in [2.24, 2.45) is 0 Å². The summed E-state index contributed by atoms with van der Waals surface area (Å²) in [5.74, 6) is 1.73. The van der Waals surface area contributed by atoms with Crippen molar-refractivity contribution in [1.29, 1.82) is 0 Å². The van der Waals surface area contributed by atoms with Crippen LogP contribution in [0.1, 0.15) is 12.5 Å². The van der Waals surface area contributed by atoms with Crippen molar-refractivity contribution in [2.45, 2.75) is 12.7 Å². The highest BCUT2D eigenvalue weighted by Crippen LogP contribution is 2.47. The molecule has 0 fully saturated rings. The lowest BCUT2D eigenvalue weighted by molar-refractivity contribution is 0.338. The van der Waals surface area contributed by atoms with Crippen molar-refractivity contribution in [3.05, 3.63) is 66.2 Å². The molecular formula is C17H22NO2PS. The van der Waals surface area contributed by atoms with Gasteiger partial charge in [-0.25, -0.2) is 0 Å². The van der Waals surface area contributed by atoms with E-state index in [-0.39, 0.29) is 0 Å². The van der Waals surface area contributed by atoms with Gasteiger partial charge in [-0.15, -0.1) is 0 Å². The maximum atomic E-state index is 12.8. The van der Waals surface area contributed by atoms with Crippen molar-refractivity contribution < 1.29 is 9.09 Å². The Labute approximate surface area is 137 Å². The van der Waals surface area contributed by atoms with Crippen molar-refractivity contribution >= 4 is 25.0 Å². The van der Waals surface area contributed by atoms with E-state index in [0.717, 1.165) is 17.2 Å². The maximum Gasteiger partial charge on any atom is 0.294 e. The van der Waals surface area contributed by atoms with Crippen LogP contribution in [0.4, 0.5) is 5.69 Å². The number of nitrogens with one attached hydrogen (secondary N) is 1. The van der Waals surface area contributed by atoms with E-state index < -0.39 is 7.52 Å². The van der Waals surface area contributed by atoms with Crippen LogP contribution < -0.4 is 5.09 Å². The van der Waals surface area contributed by atoms with Crippen molar-refractivity contribution in [2.75, 3.05) is 23.6 Å². The molecule has 1 atom stereocenters. The molecule has 0 heterocycles. The monoisotopic (exact) mass is 335 g/mol. The fourth-order valence-corrected chi connectivity index (χ4v) is 5.33. The average Bonchev–Trinajstić information content (AvgIpc) is 2.54. The summed E-state index contributed by atoms with van der Waals surface area (Å²) in [6.07, 6.45) is 0.521. The lowest BCUT2D eigenvalue weighted by Gasteiger charge is -2.19. The number of benzene rings is 2. The zero-order valence-electron chi connectivity index (χ0n) is 12.8. The van der Waals surface area contributed by atoms with Crippen molar-refractivity contribution in [1.82, 2.24) is 0 Å². The molecule has 0 spiro atoms. The summed E-state index contributed by atoms with van der Waals surface area (Å²) in [6.45, 7) is 2.32. The van der Waals surface area contributed by atoms with Gasteiger partial charge in [0.2, 0.25) is 0 Å². The molecular weight excluding hydrogens is 313 g/mol. The van der Waals surface area contributed by atoms with Crippen LogP contribution in [0, 0.1) is 0 Å². The summed E-state index contributed by atoms with van der Waals surface area (Å²) in [6, 6.07) is 19.9. The second-order valence-corrected chi connectivity index (χ2v) is 8.21. The first kappa shape index (κ1) is 17.1. The highest BCUT2D eigenvalue weighted by molar-refractivity contribution is 7.98. The summed E-state index contributed by atoms with van der Waals surface area (Å²) < 4.78 is 18.4. The molecule has 0 saturated heterocycles. The van der Waals surface area contributed by atoms with E-state index in [4.69, 9.17) is 4.52 Å². The molecule has 0 amide bonds. The summed E-state index contributed by atoms with van der Waals surface area (Å²) in [5.41, 5.74) is 2.13. The number of anilines is 1. The van der Waals surface area contributed by atoms with Gasteiger partial charge in [0.05, 0.1) is 12.8 Å². The molecule has 22 heavy (non-hydrogen) atoms. The Morgan fingerprint density at radius 2 is 1.68 bits per heavy atom. The van der Waals surface area contributed by atoms with Crippen LogP contribution in [0.2, 0.25) is 0 Å². The molecule has 1 unspecified atom stereocenters. The first-order valence-electron chi connectivity index (χ1n) is 7.40. The summed E-state index contributed by atoms with van der Waals surface area (Å²) in [4.78, 5) is 0. The number of rotatable bonds is 9. The van der Waals surface area contributed by atoms with Gasteiger partial charge in [-0.05, 0) is 24.6 Å². The lowest BCUT2D eigenvalue weighted by atomic mass is 10.2. The third-order valence-corrected chi connectivity index (χ3v) is 6.47. The Morgan fingerprint density at radius 3 is 2.32 bits per heavy atom. The highest BCUT2D eigenvalue weighted by Gasteiger charge is 2.22. The summed E-state index contributed by atoms with van der Waals surface area (Å²) in [5, 5.41) is 3.07. The second-order valence-electron chi connectivity index (χ2n) is 4.83. The van der Waals surface area contributed by atoms with Gasteiger partial charge in [-0.3, -0.25) is 4.57 Å². The molecule has 0 aliphatic rings. The van der Waals surface area contributed by atoms with Crippen molar-refractivity contribution in [3.63, 3.8) is 0 Å². The predicted octanol–water partition coefficient (Wildman–Crippen LogP) is 5.26. The van der Waals surface area contributed by atoms with Crippen molar-refractivity contribution in [3.8, 4) is 0 Å². The summed E-state index contributed by atoms with van der Waals surface area (Å²) in [7, 11) is -2.83. The molecule has 0 aliphatic carbocycles.